The highest BCUT2D eigenvalue weighted by Crippen LogP contribution is 2.49. The molecule has 0 bridgehead atoms. The maximum Gasteiger partial charge on any atom is 0.380 e. The van der Waals surface area contributed by atoms with E-state index >= 15 is 0 Å². The van der Waals surface area contributed by atoms with E-state index in [-0.39, 0.29) is 26.4 Å². The Morgan fingerprint density at radius 3 is 1.84 bits per heavy atom. The lowest BCUT2D eigenvalue weighted by molar-refractivity contribution is -0.139. The van der Waals surface area contributed by atoms with Crippen molar-refractivity contribution in [1.82, 2.24) is 0 Å². The molecule has 25 heavy (non-hydrogen) atoms. The van der Waals surface area contributed by atoms with Crippen molar-refractivity contribution < 1.29 is 32.6 Å². The van der Waals surface area contributed by atoms with E-state index in [0.29, 0.717) is 5.75 Å². The van der Waals surface area contributed by atoms with E-state index in [1.807, 2.05) is 6.07 Å². The minimum Gasteiger partial charge on any atom is -0.460 e. The van der Waals surface area contributed by atoms with Crippen molar-refractivity contribution in [2.45, 2.75) is 0 Å². The van der Waals surface area contributed by atoms with Gasteiger partial charge in [0.05, 0.1) is 13.2 Å². The van der Waals surface area contributed by atoms with Gasteiger partial charge in [0.2, 0.25) is 0 Å². The van der Waals surface area contributed by atoms with Crippen LogP contribution in [0.3, 0.4) is 0 Å². The fourth-order valence-electron chi connectivity index (χ4n) is 1.40. The van der Waals surface area contributed by atoms with Crippen molar-refractivity contribution in [1.29, 1.82) is 0 Å². The van der Waals surface area contributed by atoms with Crippen LogP contribution >= 0.6 is 6.72 Å². The van der Waals surface area contributed by atoms with Gasteiger partial charge in [0.1, 0.15) is 19.0 Å². The molecule has 1 aromatic rings. The van der Waals surface area contributed by atoms with E-state index in [4.69, 9.17) is 34.9 Å². The van der Waals surface area contributed by atoms with Crippen molar-refractivity contribution in [3.05, 3.63) is 55.6 Å². The molecule has 0 spiro atoms. The van der Waals surface area contributed by atoms with Gasteiger partial charge < -0.3 is 14.0 Å². The normalized spacial score (nSPS) is 10.6. The lowest BCUT2D eigenvalue weighted by Crippen LogP contribution is -2.13. The Labute approximate surface area is 151 Å². The molecule has 0 aliphatic heterocycles. The van der Waals surface area contributed by atoms with E-state index in [1.165, 1.54) is 0 Å². The quantitative estimate of drug-likeness (QED) is 0.235. The third kappa shape index (κ3) is 9.16. The second kappa shape index (κ2) is 11.5. The Morgan fingerprint density at radius 1 is 0.920 bits per heavy atom. The molecule has 0 unspecified atom stereocenters. The first kappa shape index (κ1) is 21.1. The minimum absolute atomic E-state index is 0.0177. The molecular weight excluding hydrogens is 367 g/mol. The average Bonchev–Trinajstić information content (AvgIpc) is 2.63. The molecule has 1 rings (SSSR count). The van der Waals surface area contributed by atoms with Gasteiger partial charge in [-0.2, -0.15) is 0 Å². The molecule has 0 heterocycles. The fourth-order valence-corrected chi connectivity index (χ4v) is 3.26. The first-order valence-electron chi connectivity index (χ1n) is 7.21. The topological polar surface area (TPSA) is 80.3 Å². The molecule has 0 aliphatic carbocycles. The van der Waals surface area contributed by atoms with Crippen LogP contribution in [0, 0.1) is 0 Å². The third-order valence-electron chi connectivity index (χ3n) is 2.45. The zero-order chi connectivity index (χ0) is 18.5. The molecule has 0 fully saturated rings. The van der Waals surface area contributed by atoms with Crippen LogP contribution in [0.5, 0.6) is 5.75 Å². The summed E-state index contributed by atoms with van der Waals surface area (Å²) in [5.74, 6) is -0.673. The van der Waals surface area contributed by atoms with E-state index < -0.39 is 18.7 Å². The highest BCUT2D eigenvalue weighted by molar-refractivity contribution is 8.07. The van der Waals surface area contributed by atoms with Crippen molar-refractivity contribution >= 4 is 30.5 Å². The summed E-state index contributed by atoms with van der Waals surface area (Å²) in [6.07, 6.45) is 2.09. The van der Waals surface area contributed by atoms with Gasteiger partial charge in [0, 0.05) is 24.0 Å². The maximum absolute atomic E-state index is 11.0. The average molecular weight is 386 g/mol. The van der Waals surface area contributed by atoms with Crippen LogP contribution in [-0.4, -0.2) is 38.4 Å². The van der Waals surface area contributed by atoms with E-state index in [1.54, 1.807) is 24.3 Å². The number of ether oxygens (including phenoxy) is 2. The minimum atomic E-state index is -3.18. The third-order valence-corrected chi connectivity index (χ3v) is 4.74. The van der Waals surface area contributed by atoms with Gasteiger partial charge in [-0.05, 0) is 12.1 Å². The number of benzene rings is 1. The number of para-hydroxylation sites is 1. The molecule has 1 aromatic carbocycles. The van der Waals surface area contributed by atoms with Gasteiger partial charge in [-0.25, -0.2) is 9.59 Å². The molecule has 0 saturated heterocycles. The Balaban J connectivity index is 2.57. The van der Waals surface area contributed by atoms with Gasteiger partial charge >= 0.3 is 18.7 Å². The lowest BCUT2D eigenvalue weighted by Gasteiger charge is -2.22. The van der Waals surface area contributed by atoms with Crippen LogP contribution in [0.15, 0.2) is 55.6 Å². The lowest BCUT2D eigenvalue weighted by atomic mass is 10.3. The second-order valence-electron chi connectivity index (χ2n) is 4.26. The van der Waals surface area contributed by atoms with Crippen LogP contribution < -0.4 is 4.52 Å². The molecule has 0 aromatic heterocycles. The van der Waals surface area contributed by atoms with Crippen LogP contribution in [0.2, 0.25) is 0 Å². The van der Waals surface area contributed by atoms with Gasteiger partial charge in [0.25, 0.3) is 0 Å². The Hall–Kier alpha value is -1.99. The fraction of sp³-hybridized carbons (Fsp3) is 0.250. The first-order valence-corrected chi connectivity index (χ1v) is 9.77. The highest BCUT2D eigenvalue weighted by atomic mass is 32.5. The van der Waals surface area contributed by atoms with Gasteiger partial charge in [-0.1, -0.05) is 31.4 Å². The van der Waals surface area contributed by atoms with Crippen molar-refractivity contribution in [3.8, 4) is 5.75 Å². The van der Waals surface area contributed by atoms with Crippen LogP contribution in [0.4, 0.5) is 0 Å². The predicted octanol–water partition coefficient (Wildman–Crippen LogP) is 2.78. The molecule has 9 heteroatoms. The summed E-state index contributed by atoms with van der Waals surface area (Å²) in [5, 5.41) is 0. The molecule has 7 nitrogen and oxygen atoms in total. The summed E-state index contributed by atoms with van der Waals surface area (Å²) in [4.78, 5) is 22.0. The summed E-state index contributed by atoms with van der Waals surface area (Å²) in [6.45, 7) is 3.30. The number of esters is 2. The maximum atomic E-state index is 11.0. The van der Waals surface area contributed by atoms with Crippen molar-refractivity contribution in [2.24, 2.45) is 0 Å². The van der Waals surface area contributed by atoms with Gasteiger partial charge in [-0.3, -0.25) is 9.05 Å². The zero-order valence-electron chi connectivity index (χ0n) is 13.5. The predicted molar refractivity (Wildman–Crippen MR) is 95.6 cm³/mol. The number of rotatable bonds is 12. The molecule has 0 saturated carbocycles. The van der Waals surface area contributed by atoms with E-state index in [2.05, 4.69) is 13.2 Å². The van der Waals surface area contributed by atoms with Gasteiger partial charge in [-0.15, -0.1) is 0 Å². The van der Waals surface area contributed by atoms with Crippen LogP contribution in [-0.2, 0) is 39.9 Å². The summed E-state index contributed by atoms with van der Waals surface area (Å²) >= 11 is 5.32. The van der Waals surface area contributed by atoms with Crippen molar-refractivity contribution in [3.63, 3.8) is 0 Å². The number of carbonyl (C=O) groups is 2. The summed E-state index contributed by atoms with van der Waals surface area (Å²) in [7, 11) is 0. The van der Waals surface area contributed by atoms with E-state index in [0.717, 1.165) is 12.2 Å². The van der Waals surface area contributed by atoms with Crippen LogP contribution in [0.25, 0.3) is 0 Å². The first-order chi connectivity index (χ1) is 12.0. The van der Waals surface area contributed by atoms with Crippen molar-refractivity contribution in [2.75, 3.05) is 26.4 Å². The molecular formula is C16H19O7PS. The summed E-state index contributed by atoms with van der Waals surface area (Å²) in [5.41, 5.74) is 0. The number of hydrogen-bond acceptors (Lipinski definition) is 8. The molecule has 0 atom stereocenters. The standard InChI is InChI=1S/C16H19O7PS/c1-3-15(17)19-10-12-21-24(25,22-13-11-20-16(18)4-2)23-14-8-6-5-7-9-14/h3-9H,1-2,10-13H2. The molecule has 0 aliphatic rings. The Morgan fingerprint density at radius 2 is 1.40 bits per heavy atom. The van der Waals surface area contributed by atoms with Crippen LogP contribution in [0.1, 0.15) is 0 Å². The smallest absolute Gasteiger partial charge is 0.380 e. The second-order valence-corrected chi connectivity index (χ2v) is 7.20. The Bertz CT molecular complexity index is 601. The Kier molecular flexibility index (Phi) is 9.72. The SMILES string of the molecule is C=CC(=O)OCCOP(=S)(OCCOC(=O)C=C)Oc1ccccc1. The molecule has 0 amide bonds. The number of hydrogen-bond donors (Lipinski definition) is 0. The molecule has 136 valence electrons. The highest BCUT2D eigenvalue weighted by Gasteiger charge is 2.23. The molecule has 0 radical (unpaired) electrons. The van der Waals surface area contributed by atoms with E-state index in [9.17, 15) is 9.59 Å². The summed E-state index contributed by atoms with van der Waals surface area (Å²) < 4.78 is 26.2. The summed E-state index contributed by atoms with van der Waals surface area (Å²) in [6, 6.07) is 8.76. The molecule has 0 N–H and O–H groups in total. The largest absolute Gasteiger partial charge is 0.460 e. The van der Waals surface area contributed by atoms with Gasteiger partial charge in [0.15, 0.2) is 0 Å². The zero-order valence-corrected chi connectivity index (χ0v) is 15.2. The number of carbonyl (C=O) groups excluding carboxylic acids is 2. The monoisotopic (exact) mass is 386 g/mol.